The Morgan fingerprint density at radius 1 is 0.839 bits per heavy atom. The Morgan fingerprint density at radius 3 is 1.68 bits per heavy atom. The van der Waals surface area contributed by atoms with Crippen LogP contribution in [0.2, 0.25) is 0 Å². The molecule has 3 rings (SSSR count). The third-order valence-electron chi connectivity index (χ3n) is 4.76. The van der Waals surface area contributed by atoms with Gasteiger partial charge in [-0.05, 0) is 50.6 Å². The number of nitrogens with two attached hydrogens (primary N) is 1. The van der Waals surface area contributed by atoms with E-state index in [4.69, 9.17) is 10.5 Å². The molecule has 0 amide bonds. The number of hydrogen-bond acceptors (Lipinski definition) is 4. The van der Waals surface area contributed by atoms with Crippen molar-refractivity contribution in [1.82, 2.24) is 5.09 Å². The molecule has 0 saturated carbocycles. The van der Waals surface area contributed by atoms with E-state index >= 15 is 0 Å². The van der Waals surface area contributed by atoms with E-state index < -0.39 is 30.9 Å². The smallest absolute Gasteiger partial charge is 0.325 e. The van der Waals surface area contributed by atoms with Crippen molar-refractivity contribution in [1.29, 1.82) is 0 Å². The molecule has 3 aromatic rings. The molecular weight excluding hydrogens is 407 g/mol. The number of rotatable bonds is 7. The number of hydrogen-bond donors (Lipinski definition) is 2. The summed E-state index contributed by atoms with van der Waals surface area (Å²) in [6.07, 6.45) is 0. The molecule has 2 atom stereocenters. The van der Waals surface area contributed by atoms with Gasteiger partial charge in [-0.3, -0.25) is 14.4 Å². The van der Waals surface area contributed by atoms with Crippen molar-refractivity contribution < 1.29 is 14.1 Å². The van der Waals surface area contributed by atoms with Gasteiger partial charge in [-0.1, -0.05) is 66.7 Å². The van der Waals surface area contributed by atoms with Gasteiger partial charge < -0.3 is 10.5 Å². The van der Waals surface area contributed by atoms with E-state index in [1.54, 1.807) is 20.8 Å². The predicted octanol–water partition coefficient (Wildman–Crippen LogP) is 3.92. The molecule has 0 radical (unpaired) electrons. The van der Waals surface area contributed by atoms with Crippen molar-refractivity contribution in [3.63, 3.8) is 0 Å². The second-order valence-electron chi connectivity index (χ2n) is 8.36. The van der Waals surface area contributed by atoms with Crippen LogP contribution in [-0.4, -0.2) is 17.6 Å². The third-order valence-corrected chi connectivity index (χ3v) is 7.45. The molecule has 31 heavy (non-hydrogen) atoms. The summed E-state index contributed by atoms with van der Waals surface area (Å²) >= 11 is 0. The van der Waals surface area contributed by atoms with Gasteiger partial charge in [0.15, 0.2) is 0 Å². The lowest BCUT2D eigenvalue weighted by molar-refractivity contribution is -0.157. The fourth-order valence-corrected chi connectivity index (χ4v) is 5.78. The first-order chi connectivity index (χ1) is 14.7. The molecule has 0 heterocycles. The predicted molar refractivity (Wildman–Crippen MR) is 126 cm³/mol. The SMILES string of the molecule is CC(C)(C)OC(=O)[C@H](N)[C@@H](NP(=O)(c1ccccc1)c1ccccc1)c1ccccc1. The van der Waals surface area contributed by atoms with Gasteiger partial charge in [0.25, 0.3) is 0 Å². The topological polar surface area (TPSA) is 81.4 Å². The lowest BCUT2D eigenvalue weighted by Gasteiger charge is -2.31. The van der Waals surface area contributed by atoms with Gasteiger partial charge in [0, 0.05) is 10.6 Å². The normalized spacial score (nSPS) is 13.9. The molecule has 0 aliphatic carbocycles. The van der Waals surface area contributed by atoms with Crippen LogP contribution in [0.4, 0.5) is 0 Å². The van der Waals surface area contributed by atoms with Crippen LogP contribution in [-0.2, 0) is 14.1 Å². The van der Waals surface area contributed by atoms with Crippen LogP contribution in [0.5, 0.6) is 0 Å². The molecular formula is C25H29N2O3P. The number of ether oxygens (including phenoxy) is 1. The van der Waals surface area contributed by atoms with Crippen molar-refractivity contribution in [3.8, 4) is 0 Å². The second kappa shape index (κ2) is 9.61. The molecule has 6 heteroatoms. The summed E-state index contributed by atoms with van der Waals surface area (Å²) in [7, 11) is -3.33. The fraction of sp³-hybridized carbons (Fsp3) is 0.240. The maximum Gasteiger partial charge on any atom is 0.325 e. The van der Waals surface area contributed by atoms with Crippen LogP contribution in [0.3, 0.4) is 0 Å². The van der Waals surface area contributed by atoms with E-state index in [0.29, 0.717) is 10.6 Å². The zero-order valence-corrected chi connectivity index (χ0v) is 19.0. The molecule has 162 valence electrons. The average molecular weight is 436 g/mol. The van der Waals surface area contributed by atoms with Gasteiger partial charge in [-0.15, -0.1) is 0 Å². The van der Waals surface area contributed by atoms with Crippen LogP contribution in [0, 0.1) is 0 Å². The number of esters is 1. The van der Waals surface area contributed by atoms with Crippen LogP contribution < -0.4 is 21.4 Å². The molecule has 3 aromatic carbocycles. The molecule has 0 bridgehead atoms. The summed E-state index contributed by atoms with van der Waals surface area (Å²) in [5, 5.41) is 4.55. The number of carbonyl (C=O) groups is 1. The molecule has 0 aromatic heterocycles. The van der Waals surface area contributed by atoms with E-state index in [-0.39, 0.29) is 0 Å². The first kappa shape index (κ1) is 23.0. The van der Waals surface area contributed by atoms with Crippen molar-refractivity contribution >= 4 is 23.9 Å². The van der Waals surface area contributed by atoms with Crippen LogP contribution >= 0.6 is 7.29 Å². The second-order valence-corrected chi connectivity index (χ2v) is 10.9. The zero-order chi connectivity index (χ0) is 22.5. The molecule has 0 spiro atoms. The number of carbonyl (C=O) groups excluding carboxylic acids is 1. The first-order valence-electron chi connectivity index (χ1n) is 10.2. The van der Waals surface area contributed by atoms with Crippen molar-refractivity contribution in [2.45, 2.75) is 38.5 Å². The van der Waals surface area contributed by atoms with Crippen molar-refractivity contribution in [2.24, 2.45) is 5.73 Å². The van der Waals surface area contributed by atoms with E-state index in [9.17, 15) is 9.36 Å². The van der Waals surface area contributed by atoms with Gasteiger partial charge in [0.05, 0.1) is 6.04 Å². The summed E-state index contributed by atoms with van der Waals surface area (Å²) in [6.45, 7) is 5.38. The Balaban J connectivity index is 2.07. The molecule has 3 N–H and O–H groups in total. The summed E-state index contributed by atoms with van der Waals surface area (Å²) in [6, 6.07) is 26.0. The molecule has 0 unspecified atom stereocenters. The maximum absolute atomic E-state index is 14.5. The Kier molecular flexibility index (Phi) is 7.11. The Hall–Kier alpha value is -2.72. The Bertz CT molecular complexity index is 991. The Labute approximate surface area is 184 Å². The monoisotopic (exact) mass is 436 g/mol. The summed E-state index contributed by atoms with van der Waals surface area (Å²) in [5.74, 6) is -0.554. The molecule has 5 nitrogen and oxygen atoms in total. The van der Waals surface area contributed by atoms with Gasteiger partial charge in [-0.25, -0.2) is 0 Å². The highest BCUT2D eigenvalue weighted by Gasteiger charge is 2.37. The standard InChI is InChI=1S/C25H29N2O3P/c1-25(2,3)30-24(28)22(26)23(19-13-7-4-8-14-19)27-31(29,20-15-9-5-10-16-20)21-17-11-6-12-18-21/h4-18,22-23H,26H2,1-3H3,(H,27,29)/t22-,23+/m1/s1. The highest BCUT2D eigenvalue weighted by atomic mass is 31.2. The summed E-state index contributed by atoms with van der Waals surface area (Å²) in [4.78, 5) is 12.9. The first-order valence-corrected chi connectivity index (χ1v) is 11.9. The Morgan fingerprint density at radius 2 is 1.26 bits per heavy atom. The number of benzene rings is 3. The van der Waals surface area contributed by atoms with Crippen LogP contribution in [0.25, 0.3) is 0 Å². The highest BCUT2D eigenvalue weighted by molar-refractivity contribution is 7.76. The highest BCUT2D eigenvalue weighted by Crippen LogP contribution is 2.42. The minimum absolute atomic E-state index is 0.554. The zero-order valence-electron chi connectivity index (χ0n) is 18.1. The van der Waals surface area contributed by atoms with Crippen molar-refractivity contribution in [3.05, 3.63) is 96.6 Å². The van der Waals surface area contributed by atoms with E-state index in [1.165, 1.54) is 0 Å². The molecule has 0 aliphatic heterocycles. The van der Waals surface area contributed by atoms with E-state index in [2.05, 4.69) is 5.09 Å². The minimum atomic E-state index is -3.33. The quantitative estimate of drug-likeness (QED) is 0.434. The molecule has 0 saturated heterocycles. The third kappa shape index (κ3) is 5.71. The number of nitrogens with one attached hydrogen (secondary N) is 1. The summed E-state index contributed by atoms with van der Waals surface area (Å²) < 4.78 is 20.0. The maximum atomic E-state index is 14.5. The van der Waals surface area contributed by atoms with Crippen molar-refractivity contribution in [2.75, 3.05) is 0 Å². The van der Waals surface area contributed by atoms with Crippen LogP contribution in [0.15, 0.2) is 91.0 Å². The lowest BCUT2D eigenvalue weighted by atomic mass is 10.0. The van der Waals surface area contributed by atoms with Gasteiger partial charge in [0.1, 0.15) is 11.6 Å². The van der Waals surface area contributed by atoms with Crippen LogP contribution in [0.1, 0.15) is 32.4 Å². The van der Waals surface area contributed by atoms with Gasteiger partial charge >= 0.3 is 5.97 Å². The van der Waals surface area contributed by atoms with Gasteiger partial charge in [0.2, 0.25) is 7.29 Å². The molecule has 0 aliphatic rings. The summed E-state index contributed by atoms with van der Waals surface area (Å²) in [5.41, 5.74) is 6.48. The average Bonchev–Trinajstić information content (AvgIpc) is 2.77. The lowest BCUT2D eigenvalue weighted by Crippen LogP contribution is -2.47. The van der Waals surface area contributed by atoms with E-state index in [0.717, 1.165) is 5.56 Å². The largest absolute Gasteiger partial charge is 0.459 e. The van der Waals surface area contributed by atoms with E-state index in [1.807, 2.05) is 91.0 Å². The molecule has 0 fully saturated rings. The van der Waals surface area contributed by atoms with Gasteiger partial charge in [-0.2, -0.15) is 0 Å². The minimum Gasteiger partial charge on any atom is -0.459 e. The fourth-order valence-electron chi connectivity index (χ4n) is 3.30.